The molecule has 4 heteroatoms. The van der Waals surface area contributed by atoms with Gasteiger partial charge in [-0.2, -0.15) is 0 Å². The van der Waals surface area contributed by atoms with Gasteiger partial charge in [0.05, 0.1) is 6.10 Å². The van der Waals surface area contributed by atoms with E-state index in [0.717, 1.165) is 0 Å². The van der Waals surface area contributed by atoms with Crippen molar-refractivity contribution in [2.24, 2.45) is 0 Å². The summed E-state index contributed by atoms with van der Waals surface area (Å²) in [6.45, 7) is 4.32. The van der Waals surface area contributed by atoms with Crippen molar-refractivity contribution in [2.75, 3.05) is 6.54 Å². The van der Waals surface area contributed by atoms with Gasteiger partial charge in [0.2, 0.25) is 0 Å². The van der Waals surface area contributed by atoms with Crippen molar-refractivity contribution in [3.05, 3.63) is 0 Å². The molecular weight excluding hydrogens is 146 g/mol. The molecular formula is C7H17NO3. The summed E-state index contributed by atoms with van der Waals surface area (Å²) >= 11 is 0. The molecule has 4 N–H and O–H groups in total. The minimum Gasteiger partial charge on any atom is -0.392 e. The summed E-state index contributed by atoms with van der Waals surface area (Å²) in [6.07, 6.45) is -2.10. The van der Waals surface area contributed by atoms with Gasteiger partial charge in [-0.15, -0.1) is 0 Å². The van der Waals surface area contributed by atoms with Gasteiger partial charge >= 0.3 is 0 Å². The maximum atomic E-state index is 9.09. The van der Waals surface area contributed by atoms with E-state index in [-0.39, 0.29) is 6.42 Å². The molecule has 1 atom stereocenters. The average Bonchev–Trinajstić information content (AvgIpc) is 1.82. The second-order valence-electron chi connectivity index (χ2n) is 2.93. The van der Waals surface area contributed by atoms with E-state index < -0.39 is 12.4 Å². The molecule has 0 heterocycles. The van der Waals surface area contributed by atoms with Crippen molar-refractivity contribution < 1.29 is 15.3 Å². The fraction of sp³-hybridized carbons (Fsp3) is 1.00. The van der Waals surface area contributed by atoms with Crippen LogP contribution in [0.25, 0.3) is 0 Å². The molecule has 11 heavy (non-hydrogen) atoms. The van der Waals surface area contributed by atoms with Gasteiger partial charge < -0.3 is 20.6 Å². The predicted molar refractivity (Wildman–Crippen MR) is 42.0 cm³/mol. The van der Waals surface area contributed by atoms with Crippen molar-refractivity contribution in [1.82, 2.24) is 5.32 Å². The zero-order valence-electron chi connectivity index (χ0n) is 6.99. The molecule has 0 aromatic heterocycles. The molecule has 0 aromatic carbocycles. The van der Waals surface area contributed by atoms with E-state index in [0.29, 0.717) is 12.6 Å². The first-order valence-electron chi connectivity index (χ1n) is 3.80. The van der Waals surface area contributed by atoms with Crippen LogP contribution in [0.4, 0.5) is 0 Å². The molecule has 68 valence electrons. The number of aliphatic hydroxyl groups excluding tert-OH is 2. The Morgan fingerprint density at radius 3 is 2.09 bits per heavy atom. The Kier molecular flexibility index (Phi) is 5.41. The molecule has 0 aliphatic rings. The molecule has 0 amide bonds. The molecule has 0 saturated carbocycles. The Balaban J connectivity index is 3.29. The van der Waals surface area contributed by atoms with Gasteiger partial charge in [-0.1, -0.05) is 13.8 Å². The second kappa shape index (κ2) is 5.49. The van der Waals surface area contributed by atoms with Gasteiger partial charge in [-0.05, 0) is 0 Å². The Labute approximate surface area is 66.9 Å². The summed E-state index contributed by atoms with van der Waals surface area (Å²) in [5.41, 5.74) is 0. The van der Waals surface area contributed by atoms with E-state index in [2.05, 4.69) is 5.32 Å². The third-order valence-corrected chi connectivity index (χ3v) is 1.24. The number of hydrogen-bond donors (Lipinski definition) is 4. The number of hydrogen-bond acceptors (Lipinski definition) is 4. The fourth-order valence-corrected chi connectivity index (χ4v) is 0.698. The van der Waals surface area contributed by atoms with Gasteiger partial charge in [0.25, 0.3) is 0 Å². The van der Waals surface area contributed by atoms with Gasteiger partial charge in [0.1, 0.15) is 0 Å². The van der Waals surface area contributed by atoms with Crippen LogP contribution in [0.3, 0.4) is 0 Å². The summed E-state index contributed by atoms with van der Waals surface area (Å²) < 4.78 is 0. The molecule has 0 bridgehead atoms. The number of nitrogens with one attached hydrogen (secondary N) is 1. The van der Waals surface area contributed by atoms with Gasteiger partial charge in [-0.3, -0.25) is 0 Å². The van der Waals surface area contributed by atoms with E-state index in [1.165, 1.54) is 0 Å². The molecule has 0 radical (unpaired) electrons. The predicted octanol–water partition coefficient (Wildman–Crippen LogP) is -0.954. The lowest BCUT2D eigenvalue weighted by Gasteiger charge is -2.14. The number of rotatable bonds is 5. The van der Waals surface area contributed by atoms with Crippen LogP contribution >= 0.6 is 0 Å². The highest BCUT2D eigenvalue weighted by Gasteiger charge is 2.08. The van der Waals surface area contributed by atoms with E-state index >= 15 is 0 Å². The summed E-state index contributed by atoms with van der Waals surface area (Å²) in [5.74, 6) is 0. The molecule has 0 fully saturated rings. The van der Waals surface area contributed by atoms with Crippen LogP contribution in [0, 0.1) is 0 Å². The van der Waals surface area contributed by atoms with Crippen molar-refractivity contribution in [1.29, 1.82) is 0 Å². The van der Waals surface area contributed by atoms with Crippen molar-refractivity contribution in [3.8, 4) is 0 Å². The number of aliphatic hydroxyl groups is 3. The Morgan fingerprint density at radius 1 is 1.18 bits per heavy atom. The smallest absolute Gasteiger partial charge is 0.153 e. The first-order chi connectivity index (χ1) is 5.02. The molecule has 0 aromatic rings. The first kappa shape index (κ1) is 10.8. The minimum absolute atomic E-state index is 0.000278. The lowest BCUT2D eigenvalue weighted by Crippen LogP contribution is -2.33. The highest BCUT2D eigenvalue weighted by molar-refractivity contribution is 4.62. The zero-order chi connectivity index (χ0) is 8.85. The van der Waals surface area contributed by atoms with Gasteiger partial charge in [0.15, 0.2) is 6.29 Å². The van der Waals surface area contributed by atoms with E-state index in [1.807, 2.05) is 13.8 Å². The minimum atomic E-state index is -1.42. The van der Waals surface area contributed by atoms with Gasteiger partial charge in [0, 0.05) is 19.0 Å². The standard InChI is InChI=1S/C7H17NO3/c1-5(2)8-4-6(9)3-7(10)11/h5-11H,3-4H2,1-2H3. The maximum Gasteiger partial charge on any atom is 0.153 e. The van der Waals surface area contributed by atoms with Crippen LogP contribution in [-0.4, -0.2) is 40.3 Å². The largest absolute Gasteiger partial charge is 0.392 e. The normalized spacial score (nSPS) is 14.5. The molecule has 0 saturated heterocycles. The lowest BCUT2D eigenvalue weighted by molar-refractivity contribution is -0.0693. The van der Waals surface area contributed by atoms with Crippen molar-refractivity contribution in [3.63, 3.8) is 0 Å². The van der Waals surface area contributed by atoms with E-state index in [9.17, 15) is 0 Å². The Morgan fingerprint density at radius 2 is 1.73 bits per heavy atom. The van der Waals surface area contributed by atoms with Gasteiger partial charge in [-0.25, -0.2) is 0 Å². The first-order valence-corrected chi connectivity index (χ1v) is 3.80. The zero-order valence-corrected chi connectivity index (χ0v) is 6.99. The van der Waals surface area contributed by atoms with Crippen molar-refractivity contribution >= 4 is 0 Å². The molecule has 1 unspecified atom stereocenters. The Bertz CT molecular complexity index is 95.7. The third kappa shape index (κ3) is 7.74. The second-order valence-corrected chi connectivity index (χ2v) is 2.93. The highest BCUT2D eigenvalue weighted by atomic mass is 16.5. The quantitative estimate of drug-likeness (QED) is 0.394. The highest BCUT2D eigenvalue weighted by Crippen LogP contribution is 1.93. The third-order valence-electron chi connectivity index (χ3n) is 1.24. The monoisotopic (exact) mass is 163 g/mol. The molecule has 0 aliphatic heterocycles. The average molecular weight is 163 g/mol. The summed E-state index contributed by atoms with van der Waals surface area (Å²) in [7, 11) is 0. The lowest BCUT2D eigenvalue weighted by atomic mass is 10.2. The Hall–Kier alpha value is -0.160. The van der Waals surface area contributed by atoms with Crippen LogP contribution in [0.1, 0.15) is 20.3 Å². The summed E-state index contributed by atoms with van der Waals surface area (Å²) in [5, 5.41) is 29.0. The maximum absolute atomic E-state index is 9.09. The van der Waals surface area contributed by atoms with Crippen LogP contribution in [0.15, 0.2) is 0 Å². The molecule has 0 spiro atoms. The topological polar surface area (TPSA) is 72.7 Å². The molecule has 0 rings (SSSR count). The fourth-order valence-electron chi connectivity index (χ4n) is 0.698. The molecule has 0 aliphatic carbocycles. The molecule has 4 nitrogen and oxygen atoms in total. The van der Waals surface area contributed by atoms with Crippen molar-refractivity contribution in [2.45, 2.75) is 38.7 Å². The van der Waals surface area contributed by atoms with Crippen LogP contribution < -0.4 is 5.32 Å². The van der Waals surface area contributed by atoms with Crippen LogP contribution in [0.2, 0.25) is 0 Å². The summed E-state index contributed by atoms with van der Waals surface area (Å²) in [4.78, 5) is 0. The van der Waals surface area contributed by atoms with Crippen LogP contribution in [0.5, 0.6) is 0 Å². The van der Waals surface area contributed by atoms with E-state index in [1.54, 1.807) is 0 Å². The van der Waals surface area contributed by atoms with E-state index in [4.69, 9.17) is 15.3 Å². The van der Waals surface area contributed by atoms with Crippen LogP contribution in [-0.2, 0) is 0 Å². The summed E-state index contributed by atoms with van der Waals surface area (Å²) in [6, 6.07) is 0.306. The SMILES string of the molecule is CC(C)NCC(O)CC(O)O.